The SMILES string of the molecule is CCC/C(C1=C(C(C)C)C=CCC1)=C(/c1ccc(OC2CCCC2)cc1)c1ccc(N)cc1C.CCCC. The van der Waals surface area contributed by atoms with E-state index in [0.717, 1.165) is 37.1 Å². The Morgan fingerprint density at radius 2 is 1.63 bits per heavy atom. The molecule has 1 fully saturated rings. The molecule has 0 heterocycles. The zero-order valence-electron chi connectivity index (χ0n) is 24.9. The highest BCUT2D eigenvalue weighted by atomic mass is 16.5. The van der Waals surface area contributed by atoms with Crippen LogP contribution in [0.25, 0.3) is 5.57 Å². The molecule has 0 atom stereocenters. The molecule has 0 saturated heterocycles. The summed E-state index contributed by atoms with van der Waals surface area (Å²) in [6.45, 7) is 13.5. The second-order valence-electron chi connectivity index (χ2n) is 11.3. The van der Waals surface area contributed by atoms with Crippen molar-refractivity contribution in [2.45, 2.75) is 112 Å². The number of hydrogen-bond donors (Lipinski definition) is 1. The lowest BCUT2D eigenvalue weighted by atomic mass is 9.79. The van der Waals surface area contributed by atoms with Gasteiger partial charge in [0.05, 0.1) is 6.10 Å². The second kappa shape index (κ2) is 15.0. The molecular formula is C36H51NO. The van der Waals surface area contributed by atoms with Gasteiger partial charge < -0.3 is 10.5 Å². The van der Waals surface area contributed by atoms with E-state index in [0.29, 0.717) is 12.0 Å². The maximum atomic E-state index is 6.28. The van der Waals surface area contributed by atoms with Crippen LogP contribution in [0.4, 0.5) is 5.69 Å². The van der Waals surface area contributed by atoms with Crippen LogP contribution in [0.2, 0.25) is 0 Å². The number of nitrogen functional groups attached to an aromatic ring is 1. The van der Waals surface area contributed by atoms with E-state index in [1.54, 1.807) is 0 Å². The van der Waals surface area contributed by atoms with Gasteiger partial charge in [-0.15, -0.1) is 0 Å². The number of rotatable bonds is 9. The Kier molecular flexibility index (Phi) is 11.8. The van der Waals surface area contributed by atoms with Crippen LogP contribution in [0.15, 0.2) is 71.3 Å². The third-order valence-electron chi connectivity index (χ3n) is 7.76. The molecule has 0 aromatic heterocycles. The topological polar surface area (TPSA) is 35.2 Å². The van der Waals surface area contributed by atoms with E-state index in [9.17, 15) is 0 Å². The summed E-state index contributed by atoms with van der Waals surface area (Å²) >= 11 is 0. The van der Waals surface area contributed by atoms with Gasteiger partial charge >= 0.3 is 0 Å². The fraction of sp³-hybridized carbons (Fsp3) is 0.500. The predicted octanol–water partition coefficient (Wildman–Crippen LogP) is 10.6. The molecule has 2 aromatic rings. The van der Waals surface area contributed by atoms with Gasteiger partial charge in [0.15, 0.2) is 0 Å². The first-order valence-electron chi connectivity index (χ1n) is 15.2. The molecule has 0 unspecified atom stereocenters. The Morgan fingerprint density at radius 1 is 0.947 bits per heavy atom. The van der Waals surface area contributed by atoms with Gasteiger partial charge in [-0.3, -0.25) is 0 Å². The molecule has 2 heteroatoms. The quantitative estimate of drug-likeness (QED) is 0.338. The van der Waals surface area contributed by atoms with Crippen LogP contribution in [-0.2, 0) is 0 Å². The Morgan fingerprint density at radius 3 is 2.21 bits per heavy atom. The molecule has 2 aromatic carbocycles. The molecule has 0 aliphatic heterocycles. The number of allylic oxidation sites excluding steroid dienone is 5. The van der Waals surface area contributed by atoms with Crippen LogP contribution >= 0.6 is 0 Å². The van der Waals surface area contributed by atoms with Crippen molar-refractivity contribution in [3.05, 3.63) is 88.0 Å². The van der Waals surface area contributed by atoms with Gasteiger partial charge in [-0.05, 0) is 121 Å². The number of ether oxygens (including phenoxy) is 1. The van der Waals surface area contributed by atoms with Crippen LogP contribution in [0, 0.1) is 12.8 Å². The molecule has 0 amide bonds. The van der Waals surface area contributed by atoms with Crippen molar-refractivity contribution >= 4 is 11.3 Å². The minimum absolute atomic E-state index is 0.378. The summed E-state index contributed by atoms with van der Waals surface area (Å²) in [6, 6.07) is 15.2. The van der Waals surface area contributed by atoms with E-state index in [1.165, 1.54) is 77.5 Å². The summed E-state index contributed by atoms with van der Waals surface area (Å²) < 4.78 is 6.28. The molecule has 1 saturated carbocycles. The molecule has 4 rings (SSSR count). The van der Waals surface area contributed by atoms with E-state index in [4.69, 9.17) is 10.5 Å². The van der Waals surface area contributed by atoms with E-state index in [2.05, 4.69) is 90.1 Å². The second-order valence-corrected chi connectivity index (χ2v) is 11.3. The van der Waals surface area contributed by atoms with Crippen molar-refractivity contribution < 1.29 is 4.74 Å². The Balaban J connectivity index is 0.000000934. The number of benzene rings is 2. The molecule has 0 radical (unpaired) electrons. The fourth-order valence-corrected chi connectivity index (χ4v) is 5.58. The molecule has 0 spiro atoms. The maximum Gasteiger partial charge on any atom is 0.119 e. The zero-order valence-corrected chi connectivity index (χ0v) is 24.9. The minimum atomic E-state index is 0.378. The van der Waals surface area contributed by atoms with Crippen LogP contribution in [0.1, 0.15) is 116 Å². The van der Waals surface area contributed by atoms with Crippen molar-refractivity contribution in [1.29, 1.82) is 0 Å². The smallest absolute Gasteiger partial charge is 0.119 e. The monoisotopic (exact) mass is 513 g/mol. The average Bonchev–Trinajstić information content (AvgIpc) is 3.43. The Hall–Kier alpha value is -2.74. The Labute approximate surface area is 233 Å². The molecule has 2 aliphatic rings. The summed E-state index contributed by atoms with van der Waals surface area (Å²) in [7, 11) is 0. The molecule has 2 N–H and O–H groups in total. The highest BCUT2D eigenvalue weighted by Crippen LogP contribution is 2.41. The van der Waals surface area contributed by atoms with Gasteiger partial charge in [-0.25, -0.2) is 0 Å². The summed E-state index contributed by atoms with van der Waals surface area (Å²) in [5.41, 5.74) is 16.6. The van der Waals surface area contributed by atoms with Crippen LogP contribution < -0.4 is 10.5 Å². The van der Waals surface area contributed by atoms with Gasteiger partial charge in [0.25, 0.3) is 0 Å². The van der Waals surface area contributed by atoms with E-state index < -0.39 is 0 Å². The lowest BCUT2D eigenvalue weighted by molar-refractivity contribution is 0.210. The number of anilines is 1. The van der Waals surface area contributed by atoms with Crippen molar-refractivity contribution in [3.63, 3.8) is 0 Å². The lowest BCUT2D eigenvalue weighted by Gasteiger charge is -2.26. The van der Waals surface area contributed by atoms with E-state index >= 15 is 0 Å². The number of aryl methyl sites for hydroxylation is 1. The highest BCUT2D eigenvalue weighted by Gasteiger charge is 2.22. The van der Waals surface area contributed by atoms with Gasteiger partial charge in [-0.1, -0.05) is 84.2 Å². The minimum Gasteiger partial charge on any atom is -0.490 e. The van der Waals surface area contributed by atoms with E-state index in [1.807, 2.05) is 6.07 Å². The fourth-order valence-electron chi connectivity index (χ4n) is 5.58. The largest absolute Gasteiger partial charge is 0.490 e. The third kappa shape index (κ3) is 7.88. The molecule has 2 aliphatic carbocycles. The predicted molar refractivity (Wildman–Crippen MR) is 167 cm³/mol. The molecule has 206 valence electrons. The van der Waals surface area contributed by atoms with Gasteiger partial charge in [0.2, 0.25) is 0 Å². The van der Waals surface area contributed by atoms with Crippen LogP contribution in [0.5, 0.6) is 5.75 Å². The van der Waals surface area contributed by atoms with Gasteiger partial charge in [0.1, 0.15) is 5.75 Å². The van der Waals surface area contributed by atoms with Gasteiger partial charge in [0, 0.05) is 5.69 Å². The van der Waals surface area contributed by atoms with Crippen molar-refractivity contribution in [3.8, 4) is 5.75 Å². The van der Waals surface area contributed by atoms with Crippen LogP contribution in [0.3, 0.4) is 0 Å². The molecule has 0 bridgehead atoms. The van der Waals surface area contributed by atoms with E-state index in [-0.39, 0.29) is 0 Å². The Bertz CT molecular complexity index is 1110. The van der Waals surface area contributed by atoms with Crippen molar-refractivity contribution in [2.24, 2.45) is 5.92 Å². The van der Waals surface area contributed by atoms with Crippen LogP contribution in [-0.4, -0.2) is 6.10 Å². The first-order valence-corrected chi connectivity index (χ1v) is 15.2. The molecule has 2 nitrogen and oxygen atoms in total. The maximum absolute atomic E-state index is 6.28. The third-order valence-corrected chi connectivity index (χ3v) is 7.76. The van der Waals surface area contributed by atoms with Crippen molar-refractivity contribution in [2.75, 3.05) is 5.73 Å². The van der Waals surface area contributed by atoms with Gasteiger partial charge in [-0.2, -0.15) is 0 Å². The standard InChI is InChI=1S/C32H41NO.C4H10/c1-5-10-31(30-14-9-8-13-28(30)22(2)3)32(29-20-17-25(33)21-23(29)4)24-15-18-27(19-16-24)34-26-11-6-7-12-26;1-3-4-2/h8,13,15-22,26H,5-7,9-12,14,33H2,1-4H3;3-4H2,1-2H3/b32-31+;. The number of hydrogen-bond acceptors (Lipinski definition) is 2. The lowest BCUT2D eigenvalue weighted by Crippen LogP contribution is -2.10. The summed E-state index contributed by atoms with van der Waals surface area (Å²) in [6.07, 6.45) is 17.1. The number of nitrogens with two attached hydrogens (primary N) is 1. The molecule has 38 heavy (non-hydrogen) atoms. The van der Waals surface area contributed by atoms with Crippen molar-refractivity contribution in [1.82, 2.24) is 0 Å². The summed E-state index contributed by atoms with van der Waals surface area (Å²) in [5, 5.41) is 0. The summed E-state index contributed by atoms with van der Waals surface area (Å²) in [5.74, 6) is 1.50. The average molecular weight is 514 g/mol. The zero-order chi connectivity index (χ0) is 27.5. The molecular weight excluding hydrogens is 462 g/mol. The first kappa shape index (κ1) is 29.8. The summed E-state index contributed by atoms with van der Waals surface area (Å²) in [4.78, 5) is 0. The highest BCUT2D eigenvalue weighted by molar-refractivity contribution is 5.87. The first-order chi connectivity index (χ1) is 18.4. The normalized spacial score (nSPS) is 16.4. The number of unbranched alkanes of at least 4 members (excludes halogenated alkanes) is 1.